The number of alkyl halides is 3. The van der Waals surface area contributed by atoms with E-state index < -0.39 is 72.7 Å². The fourth-order valence-corrected chi connectivity index (χ4v) is 10.1. The van der Waals surface area contributed by atoms with E-state index in [1.165, 1.54) is 35.2 Å². The second-order valence-electron chi connectivity index (χ2n) is 17.1. The SMILES string of the molecule is CC1=CC(C)(C)N(C)c2cc3c(cc21)C1(c2cc4c(cc2O3)N(C)C(C)(C)C=C4CS(=O)(=O)O)c2cc(C(=O)O)ccc2C(=O)N1c1ccc2c(C(F)(F)F)cc(=O)oc2c1. The zero-order chi connectivity index (χ0) is 44.1. The van der Waals surface area contributed by atoms with Crippen molar-refractivity contribution >= 4 is 61.2 Å². The maximum Gasteiger partial charge on any atom is 0.417 e. The number of allylic oxidation sites excluding steroid dienone is 1. The van der Waals surface area contributed by atoms with Gasteiger partial charge in [0.15, 0.2) is 0 Å². The van der Waals surface area contributed by atoms with E-state index in [4.69, 9.17) is 9.15 Å². The number of likely N-dealkylation sites (N-methyl/N-ethyl adjacent to an activating group) is 2. The first kappa shape index (κ1) is 40.0. The molecule has 0 radical (unpaired) electrons. The summed E-state index contributed by atoms with van der Waals surface area (Å²) in [4.78, 5) is 45.9. The number of fused-ring (bicyclic) bond motifs is 9. The number of hydrogen-bond donors (Lipinski definition) is 2. The van der Waals surface area contributed by atoms with Crippen molar-refractivity contribution in [1.82, 2.24) is 0 Å². The quantitative estimate of drug-likeness (QED) is 0.132. The fraction of sp³-hybridized carbons (Fsp3) is 0.267. The van der Waals surface area contributed by atoms with Gasteiger partial charge in [-0.2, -0.15) is 21.6 Å². The lowest BCUT2D eigenvalue weighted by molar-refractivity contribution is -0.136. The second kappa shape index (κ2) is 12.6. The van der Waals surface area contributed by atoms with E-state index in [-0.39, 0.29) is 45.0 Å². The van der Waals surface area contributed by atoms with Crippen molar-refractivity contribution < 1.29 is 50.0 Å². The Hall–Kier alpha value is -6.39. The van der Waals surface area contributed by atoms with Crippen molar-refractivity contribution in [2.24, 2.45) is 0 Å². The lowest BCUT2D eigenvalue weighted by Crippen LogP contribution is -2.48. The van der Waals surface area contributed by atoms with E-state index in [2.05, 4.69) is 11.0 Å². The van der Waals surface area contributed by atoms with Crippen molar-refractivity contribution in [1.29, 1.82) is 0 Å². The number of aromatic carboxylic acids is 1. The minimum absolute atomic E-state index is 0.0141. The molecule has 0 bridgehead atoms. The number of benzene rings is 4. The van der Waals surface area contributed by atoms with Crippen LogP contribution in [0.1, 0.15) is 88.7 Å². The number of carbonyl (C=O) groups is 2. The first-order valence-corrected chi connectivity index (χ1v) is 20.7. The summed E-state index contributed by atoms with van der Waals surface area (Å²) in [6, 6.07) is 15.0. The molecule has 0 saturated carbocycles. The Morgan fingerprint density at radius 1 is 0.787 bits per heavy atom. The van der Waals surface area contributed by atoms with E-state index in [1.54, 1.807) is 25.3 Å². The Balaban J connectivity index is 1.46. The molecule has 16 heteroatoms. The third-order valence-corrected chi connectivity index (χ3v) is 13.2. The normalized spacial score (nSPS) is 19.7. The molecular weight excluding hydrogens is 816 g/mol. The zero-order valence-corrected chi connectivity index (χ0v) is 34.7. The number of anilines is 3. The Morgan fingerprint density at radius 2 is 1.39 bits per heavy atom. The number of nitrogens with zero attached hydrogens (tertiary/aromatic N) is 3. The molecule has 4 aliphatic rings. The highest BCUT2D eigenvalue weighted by Gasteiger charge is 2.58. The molecule has 1 atom stereocenters. The average Bonchev–Trinajstić information content (AvgIpc) is 3.41. The average molecular weight is 854 g/mol. The van der Waals surface area contributed by atoms with Crippen LogP contribution in [-0.4, -0.2) is 60.9 Å². The molecule has 5 aromatic rings. The summed E-state index contributed by atoms with van der Waals surface area (Å²) in [6.45, 7) is 9.74. The van der Waals surface area contributed by atoms with Crippen molar-refractivity contribution in [2.75, 3.05) is 34.5 Å². The number of rotatable bonds is 4. The number of carboxylic acid groups (broad SMARTS) is 1. The Labute approximate surface area is 347 Å². The van der Waals surface area contributed by atoms with Gasteiger partial charge < -0.3 is 24.1 Å². The van der Waals surface area contributed by atoms with Crippen LogP contribution in [0.4, 0.5) is 30.2 Å². The predicted molar refractivity (Wildman–Crippen MR) is 224 cm³/mol. The predicted octanol–water partition coefficient (Wildman–Crippen LogP) is 8.70. The lowest BCUT2D eigenvalue weighted by atomic mass is 9.72. The highest BCUT2D eigenvalue weighted by molar-refractivity contribution is 7.86. The molecule has 1 spiro atoms. The highest BCUT2D eigenvalue weighted by Crippen LogP contribution is 2.62. The molecule has 1 aromatic heterocycles. The minimum Gasteiger partial charge on any atom is -0.478 e. The third-order valence-electron chi connectivity index (χ3n) is 12.6. The van der Waals surface area contributed by atoms with E-state index in [9.17, 15) is 40.8 Å². The van der Waals surface area contributed by atoms with Crippen LogP contribution < -0.4 is 25.1 Å². The molecule has 0 saturated heterocycles. The summed E-state index contributed by atoms with van der Waals surface area (Å²) >= 11 is 0. The summed E-state index contributed by atoms with van der Waals surface area (Å²) in [6.07, 6.45) is -1.15. The van der Waals surface area contributed by atoms with E-state index >= 15 is 4.79 Å². The Bertz CT molecular complexity index is 3090. The number of ether oxygens (including phenoxy) is 1. The number of hydrogen-bond acceptors (Lipinski definition) is 9. The summed E-state index contributed by atoms with van der Waals surface area (Å²) in [5.74, 6) is -2.28. The van der Waals surface area contributed by atoms with Gasteiger partial charge in [-0.15, -0.1) is 0 Å². The van der Waals surface area contributed by atoms with E-state index in [0.717, 1.165) is 22.9 Å². The van der Waals surface area contributed by atoms with Crippen molar-refractivity contribution in [3.05, 3.63) is 134 Å². The van der Waals surface area contributed by atoms with Gasteiger partial charge in [0.05, 0.1) is 22.2 Å². The summed E-state index contributed by atoms with van der Waals surface area (Å²) in [5, 5.41) is 9.93. The number of halogens is 3. The zero-order valence-electron chi connectivity index (χ0n) is 33.8. The molecule has 314 valence electrons. The molecule has 1 amide bonds. The third kappa shape index (κ3) is 5.82. The van der Waals surface area contributed by atoms with Crippen LogP contribution in [0.25, 0.3) is 22.1 Å². The Kier molecular flexibility index (Phi) is 8.26. The van der Waals surface area contributed by atoms with Crippen LogP contribution >= 0.6 is 0 Å². The fourth-order valence-electron chi connectivity index (χ4n) is 9.43. The number of amides is 1. The van der Waals surface area contributed by atoms with Crippen molar-refractivity contribution in [2.45, 2.75) is 57.4 Å². The summed E-state index contributed by atoms with van der Waals surface area (Å²) in [7, 11) is -0.872. The molecule has 0 aliphatic carbocycles. The first-order valence-electron chi connectivity index (χ1n) is 19.1. The van der Waals surface area contributed by atoms with Gasteiger partial charge in [0.25, 0.3) is 16.0 Å². The van der Waals surface area contributed by atoms with Gasteiger partial charge in [0.2, 0.25) is 0 Å². The van der Waals surface area contributed by atoms with Crippen LogP contribution in [0.5, 0.6) is 11.5 Å². The standard InChI is InChI=1S/C45H38F3N3O9S/c1-22-19-42(2,3)49(6)34-17-37-32(14-28(22)34)44(33-15-29-24(21-61(56,57)58)20-43(4,5)50(7)35(29)18-38(33)59-37)30-12-23(41(54)55)8-10-27(30)40(53)51(44)25-9-11-26-31(45(46,47)48)16-39(52)60-36(26)13-25/h8-20H,21H2,1-7H3,(H,54,55)(H,56,57,58). The molecule has 12 nitrogen and oxygen atoms in total. The summed E-state index contributed by atoms with van der Waals surface area (Å²) < 4.78 is 90.4. The van der Waals surface area contributed by atoms with E-state index in [1.807, 2.05) is 58.7 Å². The smallest absolute Gasteiger partial charge is 0.417 e. The highest BCUT2D eigenvalue weighted by atomic mass is 32.2. The van der Waals surface area contributed by atoms with Crippen LogP contribution in [0.3, 0.4) is 0 Å². The number of carbonyl (C=O) groups excluding carboxylic acids is 1. The molecule has 4 aliphatic heterocycles. The molecule has 0 fully saturated rings. The maximum atomic E-state index is 15.3. The van der Waals surface area contributed by atoms with Gasteiger partial charge in [-0.3, -0.25) is 14.2 Å². The Morgan fingerprint density at radius 3 is 2.00 bits per heavy atom. The summed E-state index contributed by atoms with van der Waals surface area (Å²) in [5.41, 5.74) is -1.90. The van der Waals surface area contributed by atoms with Gasteiger partial charge in [-0.05, 0) is 88.2 Å². The monoisotopic (exact) mass is 853 g/mol. The topological polar surface area (TPSA) is 158 Å². The van der Waals surface area contributed by atoms with Gasteiger partial charge in [0, 0.05) is 94.2 Å². The molecule has 61 heavy (non-hydrogen) atoms. The lowest BCUT2D eigenvalue weighted by Gasteiger charge is -2.47. The van der Waals surface area contributed by atoms with Gasteiger partial charge in [0.1, 0.15) is 28.4 Å². The molecule has 5 heterocycles. The molecule has 2 N–H and O–H groups in total. The van der Waals surface area contributed by atoms with Crippen LogP contribution in [-0.2, 0) is 21.8 Å². The van der Waals surface area contributed by atoms with Gasteiger partial charge >= 0.3 is 17.8 Å². The second-order valence-corrected chi connectivity index (χ2v) is 18.5. The largest absolute Gasteiger partial charge is 0.478 e. The number of carboxylic acids is 1. The van der Waals surface area contributed by atoms with Gasteiger partial charge in [-0.25, -0.2) is 9.59 Å². The first-order chi connectivity index (χ1) is 28.3. The van der Waals surface area contributed by atoms with Crippen LogP contribution in [0.2, 0.25) is 0 Å². The van der Waals surface area contributed by atoms with Crippen molar-refractivity contribution in [3.63, 3.8) is 0 Å². The van der Waals surface area contributed by atoms with E-state index in [0.29, 0.717) is 22.9 Å². The molecule has 1 unspecified atom stereocenters. The van der Waals surface area contributed by atoms with Gasteiger partial charge in [-0.1, -0.05) is 12.2 Å². The minimum atomic E-state index is -4.93. The molecule has 9 rings (SSSR count). The molecular formula is C45H38F3N3O9S. The maximum absolute atomic E-state index is 15.3. The molecule has 4 aromatic carbocycles. The van der Waals surface area contributed by atoms with Crippen LogP contribution in [0.15, 0.2) is 88.1 Å². The van der Waals surface area contributed by atoms with Crippen LogP contribution in [0, 0.1) is 0 Å². The van der Waals surface area contributed by atoms with Crippen molar-refractivity contribution in [3.8, 4) is 11.5 Å².